The van der Waals surface area contributed by atoms with Crippen LogP contribution >= 0.6 is 0 Å². The van der Waals surface area contributed by atoms with Crippen molar-refractivity contribution in [1.82, 2.24) is 14.9 Å². The number of nitrogen functional groups attached to an aromatic ring is 1. The van der Waals surface area contributed by atoms with Gasteiger partial charge in [0.2, 0.25) is 15.9 Å². The highest BCUT2D eigenvalue weighted by atomic mass is 32.2. The van der Waals surface area contributed by atoms with E-state index < -0.39 is 15.8 Å². The molecule has 0 aliphatic heterocycles. The first-order chi connectivity index (χ1) is 9.79. The normalized spacial score (nSPS) is 11.8. The van der Waals surface area contributed by atoms with Crippen molar-refractivity contribution in [3.05, 3.63) is 35.2 Å². The smallest absolute Gasteiger partial charge is 0.240 e. The number of hydrogen-bond acceptors (Lipinski definition) is 6. The summed E-state index contributed by atoms with van der Waals surface area (Å²) in [5, 5.41) is 3.65. The molecule has 1 heterocycles. The van der Waals surface area contributed by atoms with E-state index in [1.54, 1.807) is 6.92 Å². The fourth-order valence-corrected chi connectivity index (χ4v) is 2.73. The maximum absolute atomic E-state index is 13.6. The topological polar surface area (TPSA) is 111 Å². The van der Waals surface area contributed by atoms with E-state index in [2.05, 4.69) is 14.9 Å². The Morgan fingerprint density at radius 1 is 1.38 bits per heavy atom. The monoisotopic (exact) mass is 314 g/mol. The van der Waals surface area contributed by atoms with Crippen LogP contribution in [0.1, 0.15) is 17.3 Å². The van der Waals surface area contributed by atoms with Crippen LogP contribution < -0.4 is 10.5 Å². The fourth-order valence-electron chi connectivity index (χ4n) is 1.65. The number of aromatic nitrogens is 2. The van der Waals surface area contributed by atoms with E-state index in [9.17, 15) is 12.8 Å². The molecule has 0 radical (unpaired) electrons. The van der Waals surface area contributed by atoms with Crippen LogP contribution in [-0.4, -0.2) is 25.1 Å². The molecule has 0 atom stereocenters. The first-order valence-electron chi connectivity index (χ1n) is 6.14. The van der Waals surface area contributed by atoms with Crippen LogP contribution in [0.3, 0.4) is 0 Å². The molecule has 7 nitrogen and oxygen atoms in total. The minimum atomic E-state index is -3.84. The zero-order valence-electron chi connectivity index (χ0n) is 11.6. The summed E-state index contributed by atoms with van der Waals surface area (Å²) in [5.74, 6) is 0.134. The molecule has 0 saturated heterocycles. The number of rotatable bonds is 5. The molecule has 0 aliphatic carbocycles. The van der Waals surface area contributed by atoms with Crippen molar-refractivity contribution in [2.45, 2.75) is 25.2 Å². The van der Waals surface area contributed by atoms with E-state index >= 15 is 0 Å². The Morgan fingerprint density at radius 2 is 2.10 bits per heavy atom. The van der Waals surface area contributed by atoms with Crippen LogP contribution in [0.5, 0.6) is 0 Å². The zero-order chi connectivity index (χ0) is 15.6. The Balaban J connectivity index is 2.08. The first-order valence-corrected chi connectivity index (χ1v) is 7.62. The lowest BCUT2D eigenvalue weighted by atomic mass is 10.2. The van der Waals surface area contributed by atoms with Crippen LogP contribution in [0.4, 0.5) is 10.1 Å². The van der Waals surface area contributed by atoms with E-state index in [4.69, 9.17) is 10.3 Å². The Bertz CT molecular complexity index is 735. The summed E-state index contributed by atoms with van der Waals surface area (Å²) >= 11 is 0. The first kappa shape index (κ1) is 15.4. The number of nitrogens with two attached hydrogens (primary N) is 1. The second kappa shape index (κ2) is 5.78. The Kier molecular flexibility index (Phi) is 4.24. The third-order valence-electron chi connectivity index (χ3n) is 2.88. The second-order valence-electron chi connectivity index (χ2n) is 4.50. The Morgan fingerprint density at radius 3 is 2.67 bits per heavy atom. The van der Waals surface area contributed by atoms with Crippen LogP contribution in [0.2, 0.25) is 0 Å². The number of aryl methyl sites for hydroxylation is 1. The average Bonchev–Trinajstić information content (AvgIpc) is 2.81. The lowest BCUT2D eigenvalue weighted by molar-refractivity contribution is 0.387. The molecule has 0 fully saturated rings. The van der Waals surface area contributed by atoms with Gasteiger partial charge in [-0.15, -0.1) is 0 Å². The number of nitrogens with zero attached hydrogens (tertiary/aromatic N) is 2. The number of hydrogen-bond donors (Lipinski definition) is 2. The molecule has 2 aromatic rings. The molecule has 1 aromatic heterocycles. The van der Waals surface area contributed by atoms with Crippen molar-refractivity contribution < 1.29 is 17.3 Å². The number of benzene rings is 1. The maximum Gasteiger partial charge on any atom is 0.240 e. The van der Waals surface area contributed by atoms with Gasteiger partial charge in [0.25, 0.3) is 0 Å². The third-order valence-corrected chi connectivity index (χ3v) is 4.32. The predicted molar refractivity (Wildman–Crippen MR) is 73.5 cm³/mol. The van der Waals surface area contributed by atoms with Crippen molar-refractivity contribution in [3.8, 4) is 0 Å². The molecule has 1 aromatic carbocycles. The summed E-state index contributed by atoms with van der Waals surface area (Å²) in [5.41, 5.74) is 5.88. The van der Waals surface area contributed by atoms with E-state index in [1.807, 2.05) is 0 Å². The molecule has 0 aliphatic rings. The molecule has 0 bridgehead atoms. The molecule has 9 heteroatoms. The molecule has 0 amide bonds. The zero-order valence-corrected chi connectivity index (χ0v) is 12.4. The number of anilines is 1. The fraction of sp³-hybridized carbons (Fsp3) is 0.333. The van der Waals surface area contributed by atoms with E-state index in [-0.39, 0.29) is 29.1 Å². The number of sulfonamides is 1. The van der Waals surface area contributed by atoms with Gasteiger partial charge in [0.1, 0.15) is 5.82 Å². The molecular weight excluding hydrogens is 299 g/mol. The van der Waals surface area contributed by atoms with Crippen molar-refractivity contribution >= 4 is 15.7 Å². The molecular formula is C12H15FN4O3S. The molecule has 2 rings (SSSR count). The van der Waals surface area contributed by atoms with E-state index in [0.717, 1.165) is 6.07 Å². The van der Waals surface area contributed by atoms with Crippen molar-refractivity contribution in [3.63, 3.8) is 0 Å². The van der Waals surface area contributed by atoms with Crippen LogP contribution in [0, 0.1) is 19.7 Å². The predicted octanol–water partition coefficient (Wildman–Crippen LogP) is 0.929. The summed E-state index contributed by atoms with van der Waals surface area (Å²) in [6.07, 6.45) is 0.264. The van der Waals surface area contributed by atoms with Crippen molar-refractivity contribution in [1.29, 1.82) is 0 Å². The van der Waals surface area contributed by atoms with Crippen LogP contribution in [0.25, 0.3) is 0 Å². The molecule has 0 spiro atoms. The molecule has 0 saturated carbocycles. The highest BCUT2D eigenvalue weighted by Gasteiger charge is 2.17. The lowest BCUT2D eigenvalue weighted by Gasteiger charge is -2.08. The Hall–Kier alpha value is -2.00. The standard InChI is InChI=1S/C12H15FN4O3S/c1-7-10(13)5-9(6-11(7)14)21(18,19)15-4-3-12-16-8(2)20-17-12/h5-6,15H,3-4,14H2,1-2H3. The quantitative estimate of drug-likeness (QED) is 0.794. The van der Waals surface area contributed by atoms with Crippen LogP contribution in [0.15, 0.2) is 21.6 Å². The minimum Gasteiger partial charge on any atom is -0.398 e. The third kappa shape index (κ3) is 3.56. The minimum absolute atomic E-state index is 0.0662. The molecule has 21 heavy (non-hydrogen) atoms. The summed E-state index contributed by atoms with van der Waals surface area (Å²) < 4.78 is 44.8. The molecule has 3 N–H and O–H groups in total. The van der Waals surface area contributed by atoms with Crippen molar-refractivity contribution in [2.24, 2.45) is 0 Å². The number of nitrogens with one attached hydrogen (secondary N) is 1. The highest BCUT2D eigenvalue weighted by Crippen LogP contribution is 2.20. The lowest BCUT2D eigenvalue weighted by Crippen LogP contribution is -2.26. The van der Waals surface area contributed by atoms with Gasteiger partial charge in [-0.3, -0.25) is 0 Å². The summed E-state index contributed by atoms with van der Waals surface area (Å²) in [7, 11) is -3.84. The van der Waals surface area contributed by atoms with Gasteiger partial charge >= 0.3 is 0 Å². The molecule has 114 valence electrons. The SMILES string of the molecule is Cc1nc(CCNS(=O)(=O)c2cc(N)c(C)c(F)c2)no1. The van der Waals surface area contributed by atoms with Crippen LogP contribution in [-0.2, 0) is 16.4 Å². The van der Waals surface area contributed by atoms with Gasteiger partial charge in [-0.25, -0.2) is 17.5 Å². The summed E-state index contributed by atoms with van der Waals surface area (Å²) in [6.45, 7) is 3.18. The van der Waals surface area contributed by atoms with Gasteiger partial charge in [0.15, 0.2) is 5.82 Å². The van der Waals surface area contributed by atoms with E-state index in [1.165, 1.54) is 13.0 Å². The largest absolute Gasteiger partial charge is 0.398 e. The number of halogens is 1. The molecule has 0 unspecified atom stereocenters. The van der Waals surface area contributed by atoms with Gasteiger partial charge in [0, 0.05) is 31.1 Å². The Labute approximate surface area is 121 Å². The van der Waals surface area contributed by atoms with Gasteiger partial charge in [-0.1, -0.05) is 5.16 Å². The van der Waals surface area contributed by atoms with Gasteiger partial charge in [-0.05, 0) is 19.1 Å². The average molecular weight is 314 g/mol. The van der Waals surface area contributed by atoms with Gasteiger partial charge in [-0.2, -0.15) is 4.98 Å². The van der Waals surface area contributed by atoms with E-state index in [0.29, 0.717) is 11.7 Å². The second-order valence-corrected chi connectivity index (χ2v) is 6.26. The maximum atomic E-state index is 13.6. The van der Waals surface area contributed by atoms with Gasteiger partial charge < -0.3 is 10.3 Å². The van der Waals surface area contributed by atoms with Gasteiger partial charge in [0.05, 0.1) is 4.90 Å². The summed E-state index contributed by atoms with van der Waals surface area (Å²) in [4.78, 5) is 3.73. The highest BCUT2D eigenvalue weighted by molar-refractivity contribution is 7.89. The van der Waals surface area contributed by atoms with Crippen molar-refractivity contribution in [2.75, 3.05) is 12.3 Å². The summed E-state index contributed by atoms with van der Waals surface area (Å²) in [6, 6.07) is 2.16.